The number of nitrogens with two attached hydrogens (primary N) is 1. The number of benzene rings is 2. The molecule has 7 heteroatoms. The molecule has 1 atom stereocenters. The van der Waals surface area contributed by atoms with Crippen LogP contribution in [0.2, 0.25) is 0 Å². The summed E-state index contributed by atoms with van der Waals surface area (Å²) in [5, 5.41) is 2.85. The van der Waals surface area contributed by atoms with Crippen molar-refractivity contribution in [2.75, 3.05) is 20.3 Å². The SMILES string of the molecule is COc1ccc(C(=O)NCC2CCCO2)cc1Oc1ccc(CN)cc1F. The highest BCUT2D eigenvalue weighted by Crippen LogP contribution is 2.33. The van der Waals surface area contributed by atoms with Crippen LogP contribution < -0.4 is 20.5 Å². The van der Waals surface area contributed by atoms with E-state index in [0.29, 0.717) is 23.4 Å². The molecule has 3 rings (SSSR count). The average Bonchev–Trinajstić information content (AvgIpc) is 3.21. The summed E-state index contributed by atoms with van der Waals surface area (Å²) in [5.74, 6) is -0.109. The molecule has 2 aromatic carbocycles. The van der Waals surface area contributed by atoms with Gasteiger partial charge >= 0.3 is 0 Å². The summed E-state index contributed by atoms with van der Waals surface area (Å²) in [6, 6.07) is 9.27. The van der Waals surface area contributed by atoms with Gasteiger partial charge in [-0.3, -0.25) is 4.79 Å². The number of carbonyl (C=O) groups is 1. The van der Waals surface area contributed by atoms with Gasteiger partial charge in [0.1, 0.15) is 0 Å². The molecule has 0 saturated carbocycles. The van der Waals surface area contributed by atoms with Gasteiger partial charge < -0.3 is 25.3 Å². The van der Waals surface area contributed by atoms with Crippen molar-refractivity contribution >= 4 is 5.91 Å². The van der Waals surface area contributed by atoms with Gasteiger partial charge in [-0.2, -0.15) is 0 Å². The summed E-state index contributed by atoms with van der Waals surface area (Å²) in [7, 11) is 1.48. The van der Waals surface area contributed by atoms with Crippen molar-refractivity contribution in [3.63, 3.8) is 0 Å². The third-order valence-electron chi connectivity index (χ3n) is 4.39. The van der Waals surface area contributed by atoms with Crippen molar-refractivity contribution in [3.8, 4) is 17.2 Å². The van der Waals surface area contributed by atoms with Crippen LogP contribution in [-0.2, 0) is 11.3 Å². The molecule has 1 heterocycles. The Morgan fingerprint density at radius 3 is 2.74 bits per heavy atom. The monoisotopic (exact) mass is 374 g/mol. The number of amides is 1. The highest BCUT2D eigenvalue weighted by atomic mass is 19.1. The van der Waals surface area contributed by atoms with Gasteiger partial charge in [-0.1, -0.05) is 6.07 Å². The minimum Gasteiger partial charge on any atom is -0.493 e. The summed E-state index contributed by atoms with van der Waals surface area (Å²) < 4.78 is 30.6. The number of halogens is 1. The first-order chi connectivity index (χ1) is 13.1. The summed E-state index contributed by atoms with van der Waals surface area (Å²) in [6.45, 7) is 1.42. The Bertz CT molecular complexity index is 807. The van der Waals surface area contributed by atoms with Crippen molar-refractivity contribution in [1.82, 2.24) is 5.32 Å². The second kappa shape index (κ2) is 8.83. The van der Waals surface area contributed by atoms with Crippen LogP contribution in [0.25, 0.3) is 0 Å². The topological polar surface area (TPSA) is 82.8 Å². The van der Waals surface area contributed by atoms with Crippen molar-refractivity contribution in [3.05, 3.63) is 53.3 Å². The lowest BCUT2D eigenvalue weighted by molar-refractivity contribution is 0.0857. The molecule has 1 saturated heterocycles. The molecular weight excluding hydrogens is 351 g/mol. The van der Waals surface area contributed by atoms with Gasteiger partial charge in [-0.05, 0) is 48.7 Å². The lowest BCUT2D eigenvalue weighted by atomic mass is 10.1. The summed E-state index contributed by atoms with van der Waals surface area (Å²) in [5.41, 5.74) is 6.57. The standard InChI is InChI=1S/C20H23FN2O4/c1-25-18-7-5-14(20(24)23-12-15-3-2-8-26-15)10-19(18)27-17-6-4-13(11-22)9-16(17)21/h4-7,9-10,15H,2-3,8,11-12,22H2,1H3,(H,23,24). The van der Waals surface area contributed by atoms with Crippen LogP contribution >= 0.6 is 0 Å². The molecule has 1 amide bonds. The van der Waals surface area contributed by atoms with Crippen LogP contribution in [0, 0.1) is 5.82 Å². The molecule has 0 aromatic heterocycles. The number of hydrogen-bond donors (Lipinski definition) is 2. The van der Waals surface area contributed by atoms with Gasteiger partial charge in [0.25, 0.3) is 5.91 Å². The molecule has 144 valence electrons. The van der Waals surface area contributed by atoms with Gasteiger partial charge in [0.05, 0.1) is 13.2 Å². The van der Waals surface area contributed by atoms with Crippen molar-refractivity contribution < 1.29 is 23.4 Å². The van der Waals surface area contributed by atoms with E-state index in [4.69, 9.17) is 19.9 Å². The molecule has 3 N–H and O–H groups in total. The van der Waals surface area contributed by atoms with Gasteiger partial charge in [-0.15, -0.1) is 0 Å². The molecule has 1 fully saturated rings. The minimum absolute atomic E-state index is 0.0300. The average molecular weight is 374 g/mol. The summed E-state index contributed by atoms with van der Waals surface area (Å²) in [4.78, 5) is 12.4. The quantitative estimate of drug-likeness (QED) is 0.779. The maximum atomic E-state index is 14.2. The molecule has 0 spiro atoms. The number of rotatable bonds is 7. The Hall–Kier alpha value is -2.64. The highest BCUT2D eigenvalue weighted by Gasteiger charge is 2.18. The Labute approximate surface area is 157 Å². The van der Waals surface area contributed by atoms with E-state index in [1.165, 1.54) is 25.3 Å². The predicted molar refractivity (Wildman–Crippen MR) is 98.7 cm³/mol. The zero-order chi connectivity index (χ0) is 19.2. The molecule has 1 aliphatic heterocycles. The third-order valence-corrected chi connectivity index (χ3v) is 4.39. The van der Waals surface area contributed by atoms with Gasteiger partial charge in [0.15, 0.2) is 23.1 Å². The van der Waals surface area contributed by atoms with Crippen LogP contribution in [0.3, 0.4) is 0 Å². The molecule has 27 heavy (non-hydrogen) atoms. The number of carbonyl (C=O) groups excluding carboxylic acids is 1. The molecule has 1 unspecified atom stereocenters. The molecule has 2 aromatic rings. The zero-order valence-electron chi connectivity index (χ0n) is 15.2. The first-order valence-corrected chi connectivity index (χ1v) is 8.85. The van der Waals surface area contributed by atoms with Crippen LogP contribution in [0.5, 0.6) is 17.2 Å². The van der Waals surface area contributed by atoms with Crippen molar-refractivity contribution in [2.24, 2.45) is 5.73 Å². The fourth-order valence-electron chi connectivity index (χ4n) is 2.88. The molecular formula is C20H23FN2O4. The third kappa shape index (κ3) is 4.75. The molecule has 0 aliphatic carbocycles. The van der Waals surface area contributed by atoms with E-state index >= 15 is 0 Å². The second-order valence-electron chi connectivity index (χ2n) is 6.28. The van der Waals surface area contributed by atoms with Crippen LogP contribution in [0.1, 0.15) is 28.8 Å². The van der Waals surface area contributed by atoms with Crippen molar-refractivity contribution in [1.29, 1.82) is 0 Å². The first-order valence-electron chi connectivity index (χ1n) is 8.85. The van der Waals surface area contributed by atoms with Gasteiger partial charge in [0.2, 0.25) is 0 Å². The summed E-state index contributed by atoms with van der Waals surface area (Å²) in [6.07, 6.45) is 2.00. The molecule has 0 radical (unpaired) electrons. The Kier molecular flexibility index (Phi) is 6.26. The normalized spacial score (nSPS) is 16.2. The Balaban J connectivity index is 1.75. The Morgan fingerprint density at radius 2 is 2.07 bits per heavy atom. The van der Waals surface area contributed by atoms with E-state index in [1.54, 1.807) is 18.2 Å². The number of ether oxygens (including phenoxy) is 3. The molecule has 1 aliphatic rings. The second-order valence-corrected chi connectivity index (χ2v) is 6.28. The minimum atomic E-state index is -0.534. The molecule has 6 nitrogen and oxygen atoms in total. The lowest BCUT2D eigenvalue weighted by Crippen LogP contribution is -2.31. The van der Waals surface area contributed by atoms with E-state index in [1.807, 2.05) is 0 Å². The molecule has 0 bridgehead atoms. The summed E-state index contributed by atoms with van der Waals surface area (Å²) >= 11 is 0. The highest BCUT2D eigenvalue weighted by molar-refractivity contribution is 5.94. The van der Waals surface area contributed by atoms with Crippen LogP contribution in [-0.4, -0.2) is 32.3 Å². The van der Waals surface area contributed by atoms with Crippen LogP contribution in [0.4, 0.5) is 4.39 Å². The van der Waals surface area contributed by atoms with Gasteiger partial charge in [-0.25, -0.2) is 4.39 Å². The fraction of sp³-hybridized carbons (Fsp3) is 0.350. The maximum absolute atomic E-state index is 14.2. The predicted octanol–water partition coefficient (Wildman–Crippen LogP) is 2.99. The largest absolute Gasteiger partial charge is 0.493 e. The van der Waals surface area contributed by atoms with E-state index in [0.717, 1.165) is 19.4 Å². The number of nitrogens with one attached hydrogen (secondary N) is 1. The number of hydrogen-bond acceptors (Lipinski definition) is 5. The van der Waals surface area contributed by atoms with E-state index in [-0.39, 0.29) is 30.1 Å². The van der Waals surface area contributed by atoms with Gasteiger partial charge in [0, 0.05) is 25.3 Å². The zero-order valence-corrected chi connectivity index (χ0v) is 15.2. The number of methoxy groups -OCH3 is 1. The smallest absolute Gasteiger partial charge is 0.251 e. The van der Waals surface area contributed by atoms with Crippen LogP contribution in [0.15, 0.2) is 36.4 Å². The van der Waals surface area contributed by atoms with Crippen molar-refractivity contribution in [2.45, 2.75) is 25.5 Å². The fourth-order valence-corrected chi connectivity index (χ4v) is 2.88. The lowest BCUT2D eigenvalue weighted by Gasteiger charge is -2.14. The van der Waals surface area contributed by atoms with E-state index in [9.17, 15) is 9.18 Å². The Morgan fingerprint density at radius 1 is 1.26 bits per heavy atom. The van der Waals surface area contributed by atoms with E-state index in [2.05, 4.69) is 5.32 Å². The maximum Gasteiger partial charge on any atom is 0.251 e. The first kappa shape index (κ1) is 19.1. The van der Waals surface area contributed by atoms with E-state index < -0.39 is 5.82 Å².